The molecule has 1 amide bonds. The summed E-state index contributed by atoms with van der Waals surface area (Å²) in [6.07, 6.45) is 0. The molecular weight excluding hydrogens is 278 g/mol. The third-order valence-corrected chi connectivity index (χ3v) is 4.02. The second-order valence-electron chi connectivity index (χ2n) is 6.15. The van der Waals surface area contributed by atoms with Crippen LogP contribution in [-0.2, 0) is 9.53 Å². The van der Waals surface area contributed by atoms with Crippen LogP contribution in [0.2, 0.25) is 0 Å². The smallest absolute Gasteiger partial charge is 0.241 e. The van der Waals surface area contributed by atoms with Gasteiger partial charge in [-0.2, -0.15) is 0 Å². The molecule has 2 rings (SSSR count). The summed E-state index contributed by atoms with van der Waals surface area (Å²) in [6.45, 7) is 9.34. The molecule has 1 aliphatic heterocycles. The number of amides is 1. The van der Waals surface area contributed by atoms with Crippen molar-refractivity contribution in [2.75, 3.05) is 39.4 Å². The number of benzene rings is 1. The quantitative estimate of drug-likeness (QED) is 0.825. The minimum absolute atomic E-state index is 0.113. The summed E-state index contributed by atoms with van der Waals surface area (Å²) in [5, 5.41) is 2.96. The van der Waals surface area contributed by atoms with Gasteiger partial charge in [0.05, 0.1) is 13.2 Å². The maximum atomic E-state index is 12.2. The number of nitrogens with one attached hydrogen (secondary N) is 1. The average molecular weight is 305 g/mol. The zero-order chi connectivity index (χ0) is 15.9. The number of carbonyl (C=O) groups excluding carboxylic acids is 1. The summed E-state index contributed by atoms with van der Waals surface area (Å²) in [5.74, 6) is 0.282. The molecule has 22 heavy (non-hydrogen) atoms. The van der Waals surface area contributed by atoms with Gasteiger partial charge in [-0.1, -0.05) is 36.8 Å². The largest absolute Gasteiger partial charge is 0.379 e. The van der Waals surface area contributed by atoms with E-state index in [0.29, 0.717) is 12.5 Å². The Hall–Kier alpha value is -1.43. The van der Waals surface area contributed by atoms with Gasteiger partial charge in [0.2, 0.25) is 5.91 Å². The first-order valence-electron chi connectivity index (χ1n) is 7.96. The van der Waals surface area contributed by atoms with Gasteiger partial charge in [-0.15, -0.1) is 0 Å². The van der Waals surface area contributed by atoms with Crippen molar-refractivity contribution in [3.8, 4) is 0 Å². The van der Waals surface area contributed by atoms with E-state index in [1.54, 1.807) is 0 Å². The molecule has 0 bridgehead atoms. The summed E-state index contributed by atoms with van der Waals surface area (Å²) in [4.78, 5) is 14.5. The van der Waals surface area contributed by atoms with Gasteiger partial charge in [0, 0.05) is 26.2 Å². The Balaban J connectivity index is 1.75. The Bertz CT molecular complexity index is 469. The number of nitrogens with two attached hydrogens (primary N) is 1. The monoisotopic (exact) mass is 305 g/mol. The number of carbonyl (C=O) groups is 1. The molecule has 122 valence electrons. The molecule has 0 saturated carbocycles. The number of nitrogens with zero attached hydrogens (tertiary/aromatic N) is 1. The number of ether oxygens (including phenoxy) is 1. The normalized spacial score (nSPS) is 18.7. The third-order valence-electron chi connectivity index (χ3n) is 4.02. The van der Waals surface area contributed by atoms with Crippen molar-refractivity contribution in [1.82, 2.24) is 10.2 Å². The molecule has 1 heterocycles. The Kier molecular flexibility index (Phi) is 6.36. The lowest BCUT2D eigenvalue weighted by Gasteiger charge is -2.29. The minimum atomic E-state index is -0.601. The van der Waals surface area contributed by atoms with Gasteiger partial charge in [0.15, 0.2) is 0 Å². The molecule has 2 atom stereocenters. The van der Waals surface area contributed by atoms with Crippen LogP contribution in [0.4, 0.5) is 0 Å². The van der Waals surface area contributed by atoms with E-state index in [-0.39, 0.29) is 5.91 Å². The molecule has 1 saturated heterocycles. The van der Waals surface area contributed by atoms with Crippen molar-refractivity contribution in [3.63, 3.8) is 0 Å². The van der Waals surface area contributed by atoms with Crippen LogP contribution in [0.1, 0.15) is 24.1 Å². The Labute approximate surface area is 132 Å². The van der Waals surface area contributed by atoms with E-state index < -0.39 is 6.04 Å². The zero-order valence-corrected chi connectivity index (χ0v) is 13.5. The molecule has 0 spiro atoms. The van der Waals surface area contributed by atoms with Crippen LogP contribution >= 0.6 is 0 Å². The molecule has 0 aliphatic carbocycles. The van der Waals surface area contributed by atoms with Gasteiger partial charge >= 0.3 is 0 Å². The van der Waals surface area contributed by atoms with Gasteiger partial charge in [-0.3, -0.25) is 9.69 Å². The molecule has 1 fully saturated rings. The van der Waals surface area contributed by atoms with E-state index >= 15 is 0 Å². The standard InChI is InChI=1S/C17H27N3O2/c1-13-3-5-15(6-4-13)16(18)17(21)19-11-14(2)12-20-7-9-22-10-8-20/h3-6,14,16H,7-12,18H2,1-2H3,(H,19,21). The lowest BCUT2D eigenvalue weighted by molar-refractivity contribution is -0.122. The van der Waals surface area contributed by atoms with Gasteiger partial charge in [-0.05, 0) is 18.4 Å². The van der Waals surface area contributed by atoms with Gasteiger partial charge in [0.1, 0.15) is 6.04 Å². The fourth-order valence-electron chi connectivity index (χ4n) is 2.60. The molecule has 1 aromatic carbocycles. The van der Waals surface area contributed by atoms with Crippen molar-refractivity contribution in [3.05, 3.63) is 35.4 Å². The minimum Gasteiger partial charge on any atom is -0.379 e. The van der Waals surface area contributed by atoms with Gasteiger partial charge in [0.25, 0.3) is 0 Å². The van der Waals surface area contributed by atoms with Crippen LogP contribution in [0.3, 0.4) is 0 Å². The Morgan fingerprint density at radius 3 is 2.59 bits per heavy atom. The summed E-state index contributed by atoms with van der Waals surface area (Å²) >= 11 is 0. The van der Waals surface area contributed by atoms with E-state index in [9.17, 15) is 4.79 Å². The maximum Gasteiger partial charge on any atom is 0.241 e. The van der Waals surface area contributed by atoms with Crippen molar-refractivity contribution in [2.24, 2.45) is 11.7 Å². The number of morpholine rings is 1. The molecule has 1 aliphatic rings. The molecule has 5 heteroatoms. The molecule has 0 aromatic heterocycles. The lowest BCUT2D eigenvalue weighted by Crippen LogP contribution is -2.42. The van der Waals surface area contributed by atoms with Crippen LogP contribution < -0.4 is 11.1 Å². The summed E-state index contributed by atoms with van der Waals surface area (Å²) < 4.78 is 5.34. The first-order valence-corrected chi connectivity index (χ1v) is 7.96. The van der Waals surface area contributed by atoms with Crippen molar-refractivity contribution < 1.29 is 9.53 Å². The SMILES string of the molecule is Cc1ccc(C(N)C(=O)NCC(C)CN2CCOCC2)cc1. The fraction of sp³-hybridized carbons (Fsp3) is 0.588. The van der Waals surface area contributed by atoms with E-state index in [0.717, 1.165) is 44.0 Å². The van der Waals surface area contributed by atoms with E-state index in [1.165, 1.54) is 0 Å². The highest BCUT2D eigenvalue weighted by Gasteiger charge is 2.18. The second kappa shape index (κ2) is 8.27. The fourth-order valence-corrected chi connectivity index (χ4v) is 2.60. The van der Waals surface area contributed by atoms with Gasteiger partial charge in [-0.25, -0.2) is 0 Å². The van der Waals surface area contributed by atoms with E-state index in [1.807, 2.05) is 31.2 Å². The van der Waals surface area contributed by atoms with Gasteiger partial charge < -0.3 is 15.8 Å². The Morgan fingerprint density at radius 1 is 1.32 bits per heavy atom. The van der Waals surface area contributed by atoms with Crippen molar-refractivity contribution >= 4 is 5.91 Å². The first kappa shape index (κ1) is 16.9. The topological polar surface area (TPSA) is 67.6 Å². The molecule has 2 unspecified atom stereocenters. The predicted molar refractivity (Wildman–Crippen MR) is 87.5 cm³/mol. The van der Waals surface area contributed by atoms with Crippen LogP contribution in [-0.4, -0.2) is 50.2 Å². The van der Waals surface area contributed by atoms with E-state index in [2.05, 4.69) is 17.1 Å². The average Bonchev–Trinajstić information content (AvgIpc) is 2.53. The second-order valence-corrected chi connectivity index (χ2v) is 6.15. The highest BCUT2D eigenvalue weighted by atomic mass is 16.5. The number of rotatable bonds is 6. The lowest BCUT2D eigenvalue weighted by atomic mass is 10.0. The van der Waals surface area contributed by atoms with Crippen LogP contribution in [0.5, 0.6) is 0 Å². The Morgan fingerprint density at radius 2 is 1.95 bits per heavy atom. The predicted octanol–water partition coefficient (Wildman–Crippen LogP) is 1.08. The molecular formula is C17H27N3O2. The summed E-state index contributed by atoms with van der Waals surface area (Å²) in [5.41, 5.74) is 8.03. The maximum absolute atomic E-state index is 12.2. The van der Waals surface area contributed by atoms with Crippen LogP contribution in [0.15, 0.2) is 24.3 Å². The van der Waals surface area contributed by atoms with E-state index in [4.69, 9.17) is 10.5 Å². The molecule has 0 radical (unpaired) electrons. The number of aryl methyl sites for hydroxylation is 1. The van der Waals surface area contributed by atoms with Crippen LogP contribution in [0, 0.1) is 12.8 Å². The first-order chi connectivity index (χ1) is 10.6. The number of hydrogen-bond donors (Lipinski definition) is 2. The molecule has 1 aromatic rings. The summed E-state index contributed by atoms with van der Waals surface area (Å²) in [6, 6.07) is 7.18. The zero-order valence-electron chi connectivity index (χ0n) is 13.5. The van der Waals surface area contributed by atoms with Crippen LogP contribution in [0.25, 0.3) is 0 Å². The summed E-state index contributed by atoms with van der Waals surface area (Å²) in [7, 11) is 0. The highest BCUT2D eigenvalue weighted by molar-refractivity contribution is 5.82. The number of hydrogen-bond acceptors (Lipinski definition) is 4. The third kappa shape index (κ3) is 5.09. The van der Waals surface area contributed by atoms with Crippen molar-refractivity contribution in [1.29, 1.82) is 0 Å². The highest BCUT2D eigenvalue weighted by Crippen LogP contribution is 2.11. The van der Waals surface area contributed by atoms with Crippen molar-refractivity contribution in [2.45, 2.75) is 19.9 Å². The molecule has 3 N–H and O–H groups in total. The molecule has 5 nitrogen and oxygen atoms in total.